The summed E-state index contributed by atoms with van der Waals surface area (Å²) in [6.07, 6.45) is 1.63. The van der Waals surface area contributed by atoms with Crippen molar-refractivity contribution in [1.29, 1.82) is 0 Å². The van der Waals surface area contributed by atoms with E-state index in [2.05, 4.69) is 10.6 Å². The molecule has 0 aliphatic heterocycles. The highest BCUT2D eigenvalue weighted by Crippen LogP contribution is 2.30. The van der Waals surface area contributed by atoms with Gasteiger partial charge in [-0.15, -0.1) is 11.3 Å². The number of rotatable bonds is 8. The van der Waals surface area contributed by atoms with E-state index in [4.69, 9.17) is 14.2 Å². The molecule has 1 heterocycles. The van der Waals surface area contributed by atoms with Crippen molar-refractivity contribution in [3.8, 4) is 17.2 Å². The second-order valence-electron chi connectivity index (χ2n) is 6.28. The van der Waals surface area contributed by atoms with Gasteiger partial charge in [-0.2, -0.15) is 0 Å². The lowest BCUT2D eigenvalue weighted by Gasteiger charge is -2.13. The summed E-state index contributed by atoms with van der Waals surface area (Å²) in [5.74, 6) is 0.779. The maximum absolute atomic E-state index is 13.0. The number of nitrogens with one attached hydrogen (secondary N) is 2. The smallest absolute Gasteiger partial charge is 0.272 e. The number of carbonyl (C=O) groups is 2. The largest absolute Gasteiger partial charge is 0.497 e. The number of benzene rings is 2. The van der Waals surface area contributed by atoms with Crippen LogP contribution in [0.1, 0.15) is 15.2 Å². The molecule has 3 rings (SSSR count). The first-order chi connectivity index (χ1) is 15.0. The van der Waals surface area contributed by atoms with Crippen LogP contribution in [0.15, 0.2) is 65.7 Å². The van der Waals surface area contributed by atoms with Crippen molar-refractivity contribution in [2.45, 2.75) is 0 Å². The average Bonchev–Trinajstić information content (AvgIpc) is 3.31. The molecule has 7 nitrogen and oxygen atoms in total. The third-order valence-electron chi connectivity index (χ3n) is 4.32. The molecule has 2 N–H and O–H groups in total. The summed E-state index contributed by atoms with van der Waals surface area (Å²) in [6.45, 7) is 0. The topological polar surface area (TPSA) is 85.9 Å². The highest BCUT2D eigenvalue weighted by Gasteiger charge is 2.16. The van der Waals surface area contributed by atoms with Gasteiger partial charge in [0.2, 0.25) is 0 Å². The molecule has 0 aliphatic rings. The molecule has 1 aromatic heterocycles. The summed E-state index contributed by atoms with van der Waals surface area (Å²) < 4.78 is 15.6. The molecular formula is C23H22N2O5S. The molecule has 0 unspecified atom stereocenters. The molecular weight excluding hydrogens is 416 g/mol. The Labute approximate surface area is 184 Å². The fourth-order valence-electron chi connectivity index (χ4n) is 2.72. The fraction of sp³-hybridized carbons (Fsp3) is 0.130. The van der Waals surface area contributed by atoms with Gasteiger partial charge in [-0.25, -0.2) is 0 Å². The Hall–Kier alpha value is -3.78. The van der Waals surface area contributed by atoms with Crippen molar-refractivity contribution in [3.63, 3.8) is 0 Å². The van der Waals surface area contributed by atoms with Gasteiger partial charge in [0.1, 0.15) is 11.4 Å². The summed E-state index contributed by atoms with van der Waals surface area (Å²) in [5, 5.41) is 7.37. The molecule has 3 aromatic rings. The van der Waals surface area contributed by atoms with Gasteiger partial charge in [0.05, 0.1) is 21.3 Å². The van der Waals surface area contributed by atoms with Crippen LogP contribution in [0.3, 0.4) is 0 Å². The Balaban J connectivity index is 1.83. The highest BCUT2D eigenvalue weighted by molar-refractivity contribution is 7.10. The van der Waals surface area contributed by atoms with Crippen molar-refractivity contribution in [3.05, 3.63) is 76.1 Å². The molecule has 0 fully saturated rings. The molecule has 0 aliphatic carbocycles. The number of ether oxygens (including phenoxy) is 3. The van der Waals surface area contributed by atoms with Gasteiger partial charge >= 0.3 is 0 Å². The van der Waals surface area contributed by atoms with Crippen molar-refractivity contribution in [2.24, 2.45) is 0 Å². The number of anilines is 1. The van der Waals surface area contributed by atoms with E-state index in [9.17, 15) is 9.59 Å². The first-order valence-corrected chi connectivity index (χ1v) is 10.2. The summed E-state index contributed by atoms with van der Waals surface area (Å²) in [6, 6.07) is 15.4. The minimum absolute atomic E-state index is 0.109. The van der Waals surface area contributed by atoms with Gasteiger partial charge in [-0.05, 0) is 53.9 Å². The lowest BCUT2D eigenvalue weighted by molar-refractivity contribution is -0.113. The number of methoxy groups -OCH3 is 3. The standard InChI is InChI=1S/C23H22N2O5S/c1-28-17-9-6-15(7-10-17)22(26)25-19(14-18-5-4-12-31-18)23(27)24-16-8-11-20(29-2)21(13-16)30-3/h4-14H,1-3H3,(H,24,27)(H,25,26)/b19-14-. The summed E-state index contributed by atoms with van der Waals surface area (Å²) >= 11 is 1.45. The Morgan fingerprint density at radius 2 is 1.65 bits per heavy atom. The van der Waals surface area contributed by atoms with Crippen LogP contribution >= 0.6 is 11.3 Å². The van der Waals surface area contributed by atoms with Gasteiger partial charge < -0.3 is 24.8 Å². The highest BCUT2D eigenvalue weighted by atomic mass is 32.1. The first kappa shape index (κ1) is 21.9. The van der Waals surface area contributed by atoms with Gasteiger partial charge in [-0.1, -0.05) is 6.07 Å². The molecule has 0 saturated heterocycles. The first-order valence-electron chi connectivity index (χ1n) is 9.28. The van der Waals surface area contributed by atoms with Crippen LogP contribution in [0.2, 0.25) is 0 Å². The van der Waals surface area contributed by atoms with Crippen molar-refractivity contribution < 1.29 is 23.8 Å². The SMILES string of the molecule is COc1ccc(C(=O)N/C(=C\c2cccs2)C(=O)Nc2ccc(OC)c(OC)c2)cc1. The van der Waals surface area contributed by atoms with E-state index in [0.29, 0.717) is 28.5 Å². The Morgan fingerprint density at radius 1 is 0.903 bits per heavy atom. The fourth-order valence-corrected chi connectivity index (χ4v) is 3.38. The van der Waals surface area contributed by atoms with E-state index in [0.717, 1.165) is 4.88 Å². The predicted octanol–water partition coefficient (Wildman–Crippen LogP) is 4.18. The molecule has 8 heteroatoms. The third kappa shape index (κ3) is 5.64. The van der Waals surface area contributed by atoms with Crippen molar-refractivity contribution in [1.82, 2.24) is 5.32 Å². The van der Waals surface area contributed by atoms with Crippen molar-refractivity contribution >= 4 is 34.9 Å². The lowest BCUT2D eigenvalue weighted by atomic mass is 10.2. The molecule has 0 bridgehead atoms. The zero-order chi connectivity index (χ0) is 22.2. The Bertz CT molecular complexity index is 1080. The zero-order valence-electron chi connectivity index (χ0n) is 17.3. The molecule has 0 radical (unpaired) electrons. The molecule has 160 valence electrons. The third-order valence-corrected chi connectivity index (χ3v) is 5.14. The molecule has 0 saturated carbocycles. The van der Waals surface area contributed by atoms with E-state index >= 15 is 0 Å². The van der Waals surface area contributed by atoms with Crippen LogP contribution in [0.4, 0.5) is 5.69 Å². The van der Waals surface area contributed by atoms with E-state index < -0.39 is 11.8 Å². The Kier molecular flexibility index (Phi) is 7.29. The average molecular weight is 439 g/mol. The molecule has 31 heavy (non-hydrogen) atoms. The molecule has 2 aromatic carbocycles. The van der Waals surface area contributed by atoms with E-state index in [1.54, 1.807) is 55.7 Å². The van der Waals surface area contributed by atoms with Crippen molar-refractivity contribution in [2.75, 3.05) is 26.6 Å². The maximum Gasteiger partial charge on any atom is 0.272 e. The zero-order valence-corrected chi connectivity index (χ0v) is 18.1. The Morgan fingerprint density at radius 3 is 2.26 bits per heavy atom. The van der Waals surface area contributed by atoms with Gasteiger partial charge in [-0.3, -0.25) is 9.59 Å². The van der Waals surface area contributed by atoms with E-state index in [1.807, 2.05) is 17.5 Å². The van der Waals surface area contributed by atoms with Gasteiger partial charge in [0.25, 0.3) is 11.8 Å². The minimum Gasteiger partial charge on any atom is -0.497 e. The summed E-state index contributed by atoms with van der Waals surface area (Å²) in [7, 11) is 4.60. The van der Waals surface area contributed by atoms with Crippen LogP contribution < -0.4 is 24.8 Å². The second-order valence-corrected chi connectivity index (χ2v) is 7.26. The molecule has 0 spiro atoms. The minimum atomic E-state index is -0.470. The number of hydrogen-bond acceptors (Lipinski definition) is 6. The van der Waals surface area contributed by atoms with E-state index in [-0.39, 0.29) is 5.70 Å². The van der Waals surface area contributed by atoms with E-state index in [1.165, 1.54) is 25.6 Å². The monoisotopic (exact) mass is 438 g/mol. The predicted molar refractivity (Wildman–Crippen MR) is 121 cm³/mol. The summed E-state index contributed by atoms with van der Waals surface area (Å²) in [5.41, 5.74) is 1.01. The molecule has 0 atom stereocenters. The normalized spacial score (nSPS) is 10.9. The second kappa shape index (κ2) is 10.3. The number of amides is 2. The quantitative estimate of drug-likeness (QED) is 0.515. The number of carbonyl (C=O) groups excluding carboxylic acids is 2. The number of hydrogen-bond donors (Lipinski definition) is 2. The van der Waals surface area contributed by atoms with Crippen LogP contribution in [0.5, 0.6) is 17.2 Å². The van der Waals surface area contributed by atoms with Crippen LogP contribution in [0, 0.1) is 0 Å². The van der Waals surface area contributed by atoms with Gasteiger partial charge in [0, 0.05) is 22.2 Å². The maximum atomic E-state index is 13.0. The summed E-state index contributed by atoms with van der Waals surface area (Å²) in [4.78, 5) is 26.5. The lowest BCUT2D eigenvalue weighted by Crippen LogP contribution is -2.30. The van der Waals surface area contributed by atoms with Crippen LogP contribution in [0.25, 0.3) is 6.08 Å². The van der Waals surface area contributed by atoms with Gasteiger partial charge in [0.15, 0.2) is 11.5 Å². The number of thiophene rings is 1. The molecule has 2 amide bonds. The van der Waals surface area contributed by atoms with Crippen LogP contribution in [-0.2, 0) is 4.79 Å². The van der Waals surface area contributed by atoms with Crippen LogP contribution in [-0.4, -0.2) is 33.1 Å².